The molecule has 1 aliphatic heterocycles. The van der Waals surface area contributed by atoms with Gasteiger partial charge in [0.25, 0.3) is 11.5 Å². The minimum absolute atomic E-state index is 0.0745. The van der Waals surface area contributed by atoms with Gasteiger partial charge in [-0.2, -0.15) is 0 Å². The van der Waals surface area contributed by atoms with Crippen molar-refractivity contribution in [2.45, 2.75) is 25.3 Å². The summed E-state index contributed by atoms with van der Waals surface area (Å²) in [6.45, 7) is 0.673. The van der Waals surface area contributed by atoms with E-state index in [1.807, 2.05) is 4.90 Å². The molecule has 7 nitrogen and oxygen atoms in total. The minimum Gasteiger partial charge on any atom is -0.481 e. The topological polar surface area (TPSA) is 80.2 Å². The van der Waals surface area contributed by atoms with Crippen molar-refractivity contribution >= 4 is 5.91 Å². The molecule has 2 aromatic heterocycles. The smallest absolute Gasteiger partial charge is 0.266 e. The van der Waals surface area contributed by atoms with Crippen molar-refractivity contribution in [2.75, 3.05) is 13.7 Å². The Balaban J connectivity index is 1.88. The van der Waals surface area contributed by atoms with Crippen molar-refractivity contribution in [1.29, 1.82) is 0 Å². The molecule has 1 N–H and O–H groups in total. The van der Waals surface area contributed by atoms with Crippen molar-refractivity contribution < 1.29 is 9.53 Å². The van der Waals surface area contributed by atoms with E-state index in [0.717, 1.165) is 25.0 Å². The molecule has 1 aliphatic rings. The standard InChI is InChI=1S/C16H20N4O3/c1-19-15(21)9-12(18-19)13-5-3-4-8-20(13)16(22)11-6-7-14(23-2)17-10-11/h6-7,9-10,13,18H,3-5,8H2,1-2H3. The van der Waals surface area contributed by atoms with Crippen LogP contribution in [0.15, 0.2) is 29.2 Å². The first-order valence-electron chi connectivity index (χ1n) is 7.67. The maximum atomic E-state index is 12.8. The molecule has 0 bridgehead atoms. The number of aromatic amines is 1. The first kappa shape index (κ1) is 15.3. The highest BCUT2D eigenvalue weighted by atomic mass is 16.5. The fraction of sp³-hybridized carbons (Fsp3) is 0.438. The second-order valence-corrected chi connectivity index (χ2v) is 5.71. The number of methoxy groups -OCH3 is 1. The number of nitrogens with one attached hydrogen (secondary N) is 1. The van der Waals surface area contributed by atoms with Crippen LogP contribution in [0.3, 0.4) is 0 Å². The Morgan fingerprint density at radius 2 is 2.22 bits per heavy atom. The summed E-state index contributed by atoms with van der Waals surface area (Å²) in [4.78, 5) is 30.4. The van der Waals surface area contributed by atoms with E-state index in [2.05, 4.69) is 10.1 Å². The molecule has 2 aromatic rings. The number of aromatic nitrogens is 3. The zero-order valence-corrected chi connectivity index (χ0v) is 13.3. The number of amides is 1. The first-order valence-corrected chi connectivity index (χ1v) is 7.67. The lowest BCUT2D eigenvalue weighted by molar-refractivity contribution is 0.0605. The van der Waals surface area contributed by atoms with Gasteiger partial charge in [0.1, 0.15) is 0 Å². The summed E-state index contributed by atoms with van der Waals surface area (Å²) < 4.78 is 6.45. The minimum atomic E-state index is -0.104. The lowest BCUT2D eigenvalue weighted by atomic mass is 9.98. The number of hydrogen-bond donors (Lipinski definition) is 1. The van der Waals surface area contributed by atoms with Crippen LogP contribution in [0, 0.1) is 0 Å². The summed E-state index contributed by atoms with van der Waals surface area (Å²) in [6.07, 6.45) is 4.37. The van der Waals surface area contributed by atoms with Gasteiger partial charge in [-0.25, -0.2) is 4.98 Å². The largest absolute Gasteiger partial charge is 0.481 e. The number of aryl methyl sites for hydroxylation is 1. The Morgan fingerprint density at radius 1 is 1.39 bits per heavy atom. The molecular weight excluding hydrogens is 296 g/mol. The number of likely N-dealkylation sites (tertiary alicyclic amines) is 1. The van der Waals surface area contributed by atoms with Crippen LogP contribution in [0.4, 0.5) is 0 Å². The van der Waals surface area contributed by atoms with Crippen LogP contribution in [0.25, 0.3) is 0 Å². The van der Waals surface area contributed by atoms with Crippen molar-refractivity contribution in [3.63, 3.8) is 0 Å². The summed E-state index contributed by atoms with van der Waals surface area (Å²) in [7, 11) is 3.21. The Bertz CT molecular complexity index is 747. The quantitative estimate of drug-likeness (QED) is 0.930. The second kappa shape index (κ2) is 6.28. The van der Waals surface area contributed by atoms with E-state index in [1.54, 1.807) is 25.2 Å². The average molecular weight is 316 g/mol. The predicted octanol–water partition coefficient (Wildman–Crippen LogP) is 1.48. The molecule has 1 unspecified atom stereocenters. The highest BCUT2D eigenvalue weighted by Crippen LogP contribution is 2.30. The number of nitrogens with zero attached hydrogens (tertiary/aromatic N) is 3. The first-order chi connectivity index (χ1) is 11.1. The number of ether oxygens (including phenoxy) is 1. The Labute approximate surface area is 133 Å². The molecule has 0 aromatic carbocycles. The highest BCUT2D eigenvalue weighted by Gasteiger charge is 2.30. The monoisotopic (exact) mass is 316 g/mol. The van der Waals surface area contributed by atoms with Gasteiger partial charge in [-0.3, -0.25) is 19.4 Å². The molecule has 3 rings (SSSR count). The summed E-state index contributed by atoms with van der Waals surface area (Å²) in [6, 6.07) is 4.86. The molecule has 1 saturated heterocycles. The van der Waals surface area contributed by atoms with Gasteiger partial charge in [0.2, 0.25) is 5.88 Å². The maximum Gasteiger partial charge on any atom is 0.266 e. The number of piperidine rings is 1. The molecule has 122 valence electrons. The van der Waals surface area contributed by atoms with E-state index in [9.17, 15) is 9.59 Å². The molecule has 0 aliphatic carbocycles. The fourth-order valence-corrected chi connectivity index (χ4v) is 2.97. The van der Waals surface area contributed by atoms with E-state index in [4.69, 9.17) is 4.74 Å². The number of rotatable bonds is 3. The fourth-order valence-electron chi connectivity index (χ4n) is 2.97. The third kappa shape index (κ3) is 2.99. The van der Waals surface area contributed by atoms with E-state index in [1.165, 1.54) is 18.0 Å². The van der Waals surface area contributed by atoms with E-state index >= 15 is 0 Å². The zero-order chi connectivity index (χ0) is 16.4. The van der Waals surface area contributed by atoms with E-state index in [-0.39, 0.29) is 17.5 Å². The van der Waals surface area contributed by atoms with Crippen LogP contribution in [-0.2, 0) is 7.05 Å². The molecule has 7 heteroatoms. The summed E-state index contributed by atoms with van der Waals surface area (Å²) >= 11 is 0. The van der Waals surface area contributed by atoms with Crippen molar-refractivity contribution in [2.24, 2.45) is 7.05 Å². The lowest BCUT2D eigenvalue weighted by Crippen LogP contribution is -2.38. The van der Waals surface area contributed by atoms with Crippen LogP contribution in [0.5, 0.6) is 5.88 Å². The van der Waals surface area contributed by atoms with Crippen molar-refractivity contribution in [1.82, 2.24) is 19.7 Å². The summed E-state index contributed by atoms with van der Waals surface area (Å²) in [5, 5.41) is 3.04. The molecule has 1 amide bonds. The average Bonchev–Trinajstić information content (AvgIpc) is 2.93. The van der Waals surface area contributed by atoms with Crippen LogP contribution >= 0.6 is 0 Å². The predicted molar refractivity (Wildman–Crippen MR) is 84.5 cm³/mol. The molecule has 0 spiro atoms. The molecule has 3 heterocycles. The third-order valence-corrected chi connectivity index (χ3v) is 4.22. The van der Waals surface area contributed by atoms with Crippen LogP contribution in [0.2, 0.25) is 0 Å². The Morgan fingerprint density at radius 3 is 2.83 bits per heavy atom. The number of H-pyrrole nitrogens is 1. The lowest BCUT2D eigenvalue weighted by Gasteiger charge is -2.35. The van der Waals surface area contributed by atoms with E-state index < -0.39 is 0 Å². The molecule has 0 saturated carbocycles. The molecule has 1 atom stereocenters. The number of carbonyl (C=O) groups excluding carboxylic acids is 1. The van der Waals surface area contributed by atoms with Crippen molar-refractivity contribution in [3.8, 4) is 5.88 Å². The molecule has 23 heavy (non-hydrogen) atoms. The third-order valence-electron chi connectivity index (χ3n) is 4.22. The van der Waals surface area contributed by atoms with Gasteiger partial charge < -0.3 is 9.64 Å². The number of carbonyl (C=O) groups is 1. The molecule has 0 radical (unpaired) electrons. The molecule has 1 fully saturated rings. The van der Waals surface area contributed by atoms with Crippen LogP contribution in [-0.4, -0.2) is 39.2 Å². The second-order valence-electron chi connectivity index (χ2n) is 5.71. The molecular formula is C16H20N4O3. The van der Waals surface area contributed by atoms with E-state index in [0.29, 0.717) is 18.0 Å². The van der Waals surface area contributed by atoms with Gasteiger partial charge >= 0.3 is 0 Å². The highest BCUT2D eigenvalue weighted by molar-refractivity contribution is 5.94. The van der Waals surface area contributed by atoms with Gasteiger partial charge in [0.15, 0.2) is 0 Å². The van der Waals surface area contributed by atoms with Gasteiger partial charge in [-0.1, -0.05) is 0 Å². The normalized spacial score (nSPS) is 18.0. The van der Waals surface area contributed by atoms with Crippen molar-refractivity contribution in [3.05, 3.63) is 46.0 Å². The zero-order valence-electron chi connectivity index (χ0n) is 13.3. The SMILES string of the molecule is COc1ccc(C(=O)N2CCCCC2c2cc(=O)n(C)[nH]2)cn1. The van der Waals surface area contributed by atoms with Gasteiger partial charge in [-0.05, 0) is 25.3 Å². The maximum absolute atomic E-state index is 12.8. The Hall–Kier alpha value is -2.57. The number of hydrogen-bond acceptors (Lipinski definition) is 4. The van der Waals surface area contributed by atoms with Gasteiger partial charge in [0.05, 0.1) is 24.4 Å². The van der Waals surface area contributed by atoms with Crippen LogP contribution < -0.4 is 10.3 Å². The van der Waals surface area contributed by atoms with Gasteiger partial charge in [0, 0.05) is 31.9 Å². The summed E-state index contributed by atoms with van der Waals surface area (Å²) in [5.74, 6) is 0.402. The van der Waals surface area contributed by atoms with Crippen LogP contribution in [0.1, 0.15) is 41.4 Å². The van der Waals surface area contributed by atoms with Gasteiger partial charge in [-0.15, -0.1) is 0 Å². The summed E-state index contributed by atoms with van der Waals surface area (Å²) in [5.41, 5.74) is 1.21. The Kier molecular flexibility index (Phi) is 4.18. The number of pyridine rings is 1.